The molecule has 140 valence electrons. The molecule has 0 saturated carbocycles. The maximum Gasteiger partial charge on any atom is 0.337 e. The number of carbonyl (C=O) groups excluding carboxylic acids is 2. The van der Waals surface area contributed by atoms with Gasteiger partial charge in [-0.2, -0.15) is 0 Å². The van der Waals surface area contributed by atoms with Gasteiger partial charge in [-0.15, -0.1) is 0 Å². The molecular formula is C22H29NO3. The van der Waals surface area contributed by atoms with Gasteiger partial charge in [-0.3, -0.25) is 4.79 Å². The fraction of sp³-hybridized carbons (Fsp3) is 0.455. The maximum atomic E-state index is 12.2. The predicted octanol–water partition coefficient (Wildman–Crippen LogP) is 4.31. The molecule has 1 aromatic rings. The monoisotopic (exact) mass is 355 g/mol. The van der Waals surface area contributed by atoms with E-state index in [-0.39, 0.29) is 17.9 Å². The average Bonchev–Trinajstić information content (AvgIpc) is 3.02. The van der Waals surface area contributed by atoms with Gasteiger partial charge in [0, 0.05) is 13.0 Å². The molecule has 1 saturated heterocycles. The van der Waals surface area contributed by atoms with Crippen molar-refractivity contribution < 1.29 is 14.3 Å². The van der Waals surface area contributed by atoms with Crippen LogP contribution in [0.5, 0.6) is 0 Å². The van der Waals surface area contributed by atoms with E-state index in [1.54, 1.807) is 12.1 Å². The lowest BCUT2D eigenvalue weighted by Gasteiger charge is -2.22. The number of likely N-dealkylation sites (tertiary alicyclic amines) is 1. The van der Waals surface area contributed by atoms with Crippen molar-refractivity contribution in [3.63, 3.8) is 0 Å². The van der Waals surface area contributed by atoms with Crippen LogP contribution in [0.3, 0.4) is 0 Å². The third kappa shape index (κ3) is 5.87. The van der Waals surface area contributed by atoms with Crippen molar-refractivity contribution in [2.45, 2.75) is 51.5 Å². The van der Waals surface area contributed by atoms with Crippen LogP contribution >= 0.6 is 0 Å². The number of methoxy groups -OCH3 is 1. The highest BCUT2D eigenvalue weighted by atomic mass is 16.5. The molecule has 0 spiro atoms. The fourth-order valence-corrected chi connectivity index (χ4v) is 3.11. The Labute approximate surface area is 156 Å². The molecule has 1 unspecified atom stereocenters. The number of benzene rings is 1. The highest BCUT2D eigenvalue weighted by molar-refractivity contribution is 5.89. The van der Waals surface area contributed by atoms with E-state index in [9.17, 15) is 9.59 Å². The number of esters is 1. The van der Waals surface area contributed by atoms with Gasteiger partial charge < -0.3 is 9.64 Å². The van der Waals surface area contributed by atoms with Crippen LogP contribution in [-0.4, -0.2) is 36.5 Å². The highest BCUT2D eigenvalue weighted by Gasteiger charge is 2.28. The molecular weight excluding hydrogens is 326 g/mol. The van der Waals surface area contributed by atoms with E-state index in [1.165, 1.54) is 20.0 Å². The molecule has 1 aliphatic rings. The lowest BCUT2D eigenvalue weighted by Crippen LogP contribution is -2.33. The molecule has 0 N–H and O–H groups in total. The van der Waals surface area contributed by atoms with Gasteiger partial charge in [0.15, 0.2) is 0 Å². The Hall–Kier alpha value is -2.36. The molecule has 0 radical (unpaired) electrons. The van der Waals surface area contributed by atoms with E-state index in [4.69, 9.17) is 4.74 Å². The summed E-state index contributed by atoms with van der Waals surface area (Å²) in [4.78, 5) is 25.6. The van der Waals surface area contributed by atoms with Crippen molar-refractivity contribution in [2.75, 3.05) is 13.7 Å². The molecule has 26 heavy (non-hydrogen) atoms. The van der Waals surface area contributed by atoms with Crippen LogP contribution in [-0.2, 0) is 16.0 Å². The van der Waals surface area contributed by atoms with Gasteiger partial charge >= 0.3 is 5.97 Å². The summed E-state index contributed by atoms with van der Waals surface area (Å²) in [5.74, 6) is -0.107. The first-order chi connectivity index (χ1) is 12.7. The second kappa shape index (κ2) is 10.6. The van der Waals surface area contributed by atoms with Crippen molar-refractivity contribution in [1.82, 2.24) is 4.90 Å². The Morgan fingerprint density at radius 3 is 2.73 bits per heavy atom. The van der Waals surface area contributed by atoms with Gasteiger partial charge in [-0.1, -0.05) is 56.2 Å². The lowest BCUT2D eigenvalue weighted by atomic mass is 10.1. The number of rotatable bonds is 9. The van der Waals surface area contributed by atoms with Crippen molar-refractivity contribution in [2.24, 2.45) is 0 Å². The van der Waals surface area contributed by atoms with Crippen LogP contribution < -0.4 is 0 Å². The standard InChI is InChI=1S/C22H29NO3/c1-3-4-5-6-7-8-9-20-14-15-21(24)23(20)17-16-18-10-12-19(13-11-18)22(25)26-2/h6-13,20H,3-5,14-17H2,1-2H3. The smallest absolute Gasteiger partial charge is 0.337 e. The molecule has 0 bridgehead atoms. The molecule has 1 heterocycles. The molecule has 1 amide bonds. The normalized spacial score (nSPS) is 17.5. The number of nitrogens with zero attached hydrogens (tertiary/aromatic N) is 1. The largest absolute Gasteiger partial charge is 0.465 e. The summed E-state index contributed by atoms with van der Waals surface area (Å²) in [6, 6.07) is 7.58. The minimum atomic E-state index is -0.330. The SMILES string of the molecule is CCCCC=CC=CC1CCC(=O)N1CCc1ccc(C(=O)OC)cc1. The fourth-order valence-electron chi connectivity index (χ4n) is 3.11. The van der Waals surface area contributed by atoms with E-state index >= 15 is 0 Å². The van der Waals surface area contributed by atoms with Gasteiger partial charge in [0.2, 0.25) is 5.91 Å². The third-order valence-corrected chi connectivity index (χ3v) is 4.70. The summed E-state index contributed by atoms with van der Waals surface area (Å²) in [6.45, 7) is 2.89. The zero-order valence-electron chi connectivity index (χ0n) is 15.8. The van der Waals surface area contributed by atoms with E-state index in [1.807, 2.05) is 17.0 Å². The first-order valence-electron chi connectivity index (χ1n) is 9.45. The second-order valence-electron chi connectivity index (χ2n) is 6.59. The lowest BCUT2D eigenvalue weighted by molar-refractivity contribution is -0.128. The number of carbonyl (C=O) groups is 2. The summed E-state index contributed by atoms with van der Waals surface area (Å²) in [7, 11) is 1.38. The zero-order valence-corrected chi connectivity index (χ0v) is 15.8. The molecule has 2 rings (SSSR count). The third-order valence-electron chi connectivity index (χ3n) is 4.70. The molecule has 1 aromatic carbocycles. The van der Waals surface area contributed by atoms with E-state index in [0.29, 0.717) is 18.5 Å². The summed E-state index contributed by atoms with van der Waals surface area (Å²) in [5, 5.41) is 0. The summed E-state index contributed by atoms with van der Waals surface area (Å²) >= 11 is 0. The summed E-state index contributed by atoms with van der Waals surface area (Å²) in [5.41, 5.74) is 1.66. The molecule has 1 atom stereocenters. The highest BCUT2D eigenvalue weighted by Crippen LogP contribution is 2.20. The van der Waals surface area contributed by atoms with Crippen LogP contribution in [0.2, 0.25) is 0 Å². The van der Waals surface area contributed by atoms with Crippen molar-refractivity contribution >= 4 is 11.9 Å². The van der Waals surface area contributed by atoms with Gasteiger partial charge in [0.25, 0.3) is 0 Å². The predicted molar refractivity (Wildman–Crippen MR) is 104 cm³/mol. The number of hydrogen-bond donors (Lipinski definition) is 0. The number of hydrogen-bond acceptors (Lipinski definition) is 3. The molecule has 4 heteroatoms. The number of ether oxygens (including phenoxy) is 1. The van der Waals surface area contributed by atoms with Crippen LogP contribution in [0, 0.1) is 0 Å². The van der Waals surface area contributed by atoms with E-state index in [2.05, 4.69) is 31.2 Å². The Bertz CT molecular complexity index is 646. The Kier molecular flexibility index (Phi) is 8.13. The minimum absolute atomic E-state index is 0.188. The maximum absolute atomic E-state index is 12.2. The van der Waals surface area contributed by atoms with Crippen molar-refractivity contribution in [3.05, 3.63) is 59.7 Å². The number of amides is 1. The zero-order chi connectivity index (χ0) is 18.8. The molecule has 4 nitrogen and oxygen atoms in total. The minimum Gasteiger partial charge on any atom is -0.465 e. The summed E-state index contributed by atoms with van der Waals surface area (Å²) in [6.07, 6.45) is 14.3. The Morgan fingerprint density at radius 1 is 1.27 bits per heavy atom. The second-order valence-corrected chi connectivity index (χ2v) is 6.59. The van der Waals surface area contributed by atoms with E-state index in [0.717, 1.165) is 24.8 Å². The van der Waals surface area contributed by atoms with Crippen LogP contribution in [0.4, 0.5) is 0 Å². The van der Waals surface area contributed by atoms with Gasteiger partial charge in [0.1, 0.15) is 0 Å². The summed E-state index contributed by atoms with van der Waals surface area (Å²) < 4.78 is 4.71. The molecule has 1 aliphatic heterocycles. The van der Waals surface area contributed by atoms with Crippen LogP contribution in [0.15, 0.2) is 48.6 Å². The van der Waals surface area contributed by atoms with E-state index < -0.39 is 0 Å². The first-order valence-corrected chi connectivity index (χ1v) is 9.45. The van der Waals surface area contributed by atoms with Gasteiger partial charge in [-0.05, 0) is 37.0 Å². The van der Waals surface area contributed by atoms with Gasteiger partial charge in [-0.25, -0.2) is 4.79 Å². The van der Waals surface area contributed by atoms with Crippen LogP contribution in [0.1, 0.15) is 54.9 Å². The Morgan fingerprint density at radius 2 is 2.04 bits per heavy atom. The van der Waals surface area contributed by atoms with Crippen molar-refractivity contribution in [1.29, 1.82) is 0 Å². The van der Waals surface area contributed by atoms with Gasteiger partial charge in [0.05, 0.1) is 18.7 Å². The molecule has 0 aromatic heterocycles. The number of unbranched alkanes of at least 4 members (excludes halogenated alkanes) is 2. The molecule has 1 fully saturated rings. The van der Waals surface area contributed by atoms with Crippen LogP contribution in [0.25, 0.3) is 0 Å². The number of allylic oxidation sites excluding steroid dienone is 3. The topological polar surface area (TPSA) is 46.6 Å². The first kappa shape index (κ1) is 20.0. The quantitative estimate of drug-likeness (QED) is 0.377. The average molecular weight is 355 g/mol. The Balaban J connectivity index is 1.87. The van der Waals surface area contributed by atoms with Crippen molar-refractivity contribution in [3.8, 4) is 0 Å². The molecule has 0 aliphatic carbocycles.